The Balaban J connectivity index is 2.10. The van der Waals surface area contributed by atoms with Crippen LogP contribution in [-0.2, 0) is 11.2 Å². The number of nitrogens with two attached hydrogens (primary N) is 1. The lowest BCUT2D eigenvalue weighted by Gasteiger charge is -2.29. The van der Waals surface area contributed by atoms with Crippen LogP contribution < -0.4 is 10.6 Å². The van der Waals surface area contributed by atoms with Crippen molar-refractivity contribution in [2.45, 2.75) is 31.7 Å². The van der Waals surface area contributed by atoms with Gasteiger partial charge in [-0.25, -0.2) is 4.39 Å². The zero-order chi connectivity index (χ0) is 13.8. The van der Waals surface area contributed by atoms with Crippen molar-refractivity contribution in [3.63, 3.8) is 0 Å². The Kier molecular flexibility index (Phi) is 4.37. The third kappa shape index (κ3) is 3.44. The van der Waals surface area contributed by atoms with E-state index in [2.05, 4.69) is 0 Å². The number of carboxylic acid groups (broad SMARTS) is 1. The Morgan fingerprint density at radius 2 is 2.05 bits per heavy atom. The highest BCUT2D eigenvalue weighted by Gasteiger charge is 2.17. The molecule has 0 radical (unpaired) electrons. The first-order valence-corrected chi connectivity index (χ1v) is 6.59. The normalized spacial score (nSPS) is 17.3. The minimum absolute atomic E-state index is 0.145. The monoisotopic (exact) mass is 266 g/mol. The maximum absolute atomic E-state index is 14.1. The molecule has 1 unspecified atom stereocenters. The third-order valence-corrected chi connectivity index (χ3v) is 3.48. The zero-order valence-corrected chi connectivity index (χ0v) is 10.8. The van der Waals surface area contributed by atoms with Crippen molar-refractivity contribution in [2.24, 2.45) is 5.73 Å². The number of hydrogen-bond acceptors (Lipinski definition) is 3. The van der Waals surface area contributed by atoms with Gasteiger partial charge in [0.25, 0.3) is 0 Å². The van der Waals surface area contributed by atoms with E-state index < -0.39 is 12.0 Å². The minimum Gasteiger partial charge on any atom is -0.480 e. The molecule has 1 fully saturated rings. The molecule has 1 atom stereocenters. The highest BCUT2D eigenvalue weighted by atomic mass is 19.1. The van der Waals surface area contributed by atoms with Crippen LogP contribution in [-0.4, -0.2) is 30.2 Å². The topological polar surface area (TPSA) is 66.6 Å². The summed E-state index contributed by atoms with van der Waals surface area (Å²) in [6.45, 7) is 1.76. The summed E-state index contributed by atoms with van der Waals surface area (Å²) < 4.78 is 14.1. The standard InChI is InChI=1S/C14H19FN2O2/c15-11-8-10(9-12(16)14(18)19)4-5-13(11)17-6-2-1-3-7-17/h4-5,8,12H,1-3,6-7,9,16H2,(H,18,19). The zero-order valence-electron chi connectivity index (χ0n) is 10.8. The number of hydrogen-bond donors (Lipinski definition) is 2. The molecule has 104 valence electrons. The number of carboxylic acids is 1. The van der Waals surface area contributed by atoms with E-state index in [1.165, 1.54) is 12.5 Å². The third-order valence-electron chi connectivity index (χ3n) is 3.48. The van der Waals surface area contributed by atoms with Crippen LogP contribution in [0.3, 0.4) is 0 Å². The second kappa shape index (κ2) is 6.02. The largest absolute Gasteiger partial charge is 0.480 e. The summed E-state index contributed by atoms with van der Waals surface area (Å²) in [5.41, 5.74) is 6.67. The molecule has 19 heavy (non-hydrogen) atoms. The molecular weight excluding hydrogens is 247 g/mol. The van der Waals surface area contributed by atoms with E-state index in [4.69, 9.17) is 10.8 Å². The van der Waals surface area contributed by atoms with E-state index in [0.29, 0.717) is 11.3 Å². The Morgan fingerprint density at radius 3 is 2.63 bits per heavy atom. The van der Waals surface area contributed by atoms with Gasteiger partial charge in [-0.1, -0.05) is 6.07 Å². The number of nitrogens with zero attached hydrogens (tertiary/aromatic N) is 1. The number of aliphatic carboxylic acids is 1. The van der Waals surface area contributed by atoms with E-state index in [9.17, 15) is 9.18 Å². The van der Waals surface area contributed by atoms with E-state index in [1.54, 1.807) is 12.1 Å². The average Bonchev–Trinajstić information content (AvgIpc) is 2.39. The molecule has 0 aliphatic carbocycles. The highest BCUT2D eigenvalue weighted by Crippen LogP contribution is 2.24. The smallest absolute Gasteiger partial charge is 0.320 e. The average molecular weight is 266 g/mol. The summed E-state index contributed by atoms with van der Waals surface area (Å²) in [6, 6.07) is 3.90. The van der Waals surface area contributed by atoms with Gasteiger partial charge in [-0.05, 0) is 43.4 Å². The summed E-state index contributed by atoms with van der Waals surface area (Å²) in [5, 5.41) is 8.74. The Labute approximate surface area is 112 Å². The molecule has 1 saturated heterocycles. The number of benzene rings is 1. The molecular formula is C14H19FN2O2. The lowest BCUT2D eigenvalue weighted by Crippen LogP contribution is -2.32. The van der Waals surface area contributed by atoms with Gasteiger partial charge in [0.05, 0.1) is 5.69 Å². The number of rotatable bonds is 4. The van der Waals surface area contributed by atoms with E-state index in [1.807, 2.05) is 4.90 Å². The first-order valence-electron chi connectivity index (χ1n) is 6.59. The van der Waals surface area contributed by atoms with Gasteiger partial charge in [-0.15, -0.1) is 0 Å². The summed E-state index contributed by atoms with van der Waals surface area (Å²) >= 11 is 0. The summed E-state index contributed by atoms with van der Waals surface area (Å²) in [6.07, 6.45) is 3.52. The quantitative estimate of drug-likeness (QED) is 0.871. The molecule has 0 spiro atoms. The predicted octanol–water partition coefficient (Wildman–Crippen LogP) is 1.77. The summed E-state index contributed by atoms with van der Waals surface area (Å²) in [7, 11) is 0. The lowest BCUT2D eigenvalue weighted by atomic mass is 10.0. The van der Waals surface area contributed by atoms with Gasteiger partial charge in [0.1, 0.15) is 11.9 Å². The van der Waals surface area contributed by atoms with E-state index >= 15 is 0 Å². The van der Waals surface area contributed by atoms with Gasteiger partial charge in [0.2, 0.25) is 0 Å². The van der Waals surface area contributed by atoms with Crippen LogP contribution in [0.1, 0.15) is 24.8 Å². The molecule has 1 aliphatic rings. The van der Waals surface area contributed by atoms with Crippen LogP contribution in [0.2, 0.25) is 0 Å². The van der Waals surface area contributed by atoms with Crippen molar-refractivity contribution < 1.29 is 14.3 Å². The molecule has 3 N–H and O–H groups in total. The second-order valence-corrected chi connectivity index (χ2v) is 4.98. The number of halogens is 1. The number of anilines is 1. The molecule has 1 heterocycles. The molecule has 1 aromatic carbocycles. The van der Waals surface area contributed by atoms with Crippen LogP contribution in [0.4, 0.5) is 10.1 Å². The highest BCUT2D eigenvalue weighted by molar-refractivity contribution is 5.73. The molecule has 1 aromatic rings. The van der Waals surface area contributed by atoms with Crippen LogP contribution in [0.25, 0.3) is 0 Å². The molecule has 5 heteroatoms. The van der Waals surface area contributed by atoms with Crippen LogP contribution in [0, 0.1) is 5.82 Å². The fourth-order valence-corrected chi connectivity index (χ4v) is 2.41. The molecule has 0 amide bonds. The van der Waals surface area contributed by atoms with Crippen molar-refractivity contribution in [1.82, 2.24) is 0 Å². The fraction of sp³-hybridized carbons (Fsp3) is 0.500. The molecule has 0 aromatic heterocycles. The lowest BCUT2D eigenvalue weighted by molar-refractivity contribution is -0.138. The second-order valence-electron chi connectivity index (χ2n) is 4.98. The Morgan fingerprint density at radius 1 is 1.37 bits per heavy atom. The minimum atomic E-state index is -1.07. The van der Waals surface area contributed by atoms with Gasteiger partial charge in [-0.2, -0.15) is 0 Å². The van der Waals surface area contributed by atoms with Gasteiger partial charge in [0.15, 0.2) is 0 Å². The van der Waals surface area contributed by atoms with Crippen LogP contribution >= 0.6 is 0 Å². The molecule has 4 nitrogen and oxygen atoms in total. The molecule has 1 aliphatic heterocycles. The Bertz CT molecular complexity index is 459. The van der Waals surface area contributed by atoms with Crippen molar-refractivity contribution in [2.75, 3.05) is 18.0 Å². The maximum atomic E-state index is 14.1. The molecule has 2 rings (SSSR count). The van der Waals surface area contributed by atoms with Crippen LogP contribution in [0.15, 0.2) is 18.2 Å². The van der Waals surface area contributed by atoms with E-state index in [0.717, 1.165) is 25.9 Å². The van der Waals surface area contributed by atoms with Gasteiger partial charge in [-0.3, -0.25) is 4.79 Å². The maximum Gasteiger partial charge on any atom is 0.320 e. The van der Waals surface area contributed by atoms with Gasteiger partial charge in [0, 0.05) is 13.1 Å². The summed E-state index contributed by atoms with van der Waals surface area (Å²) in [5.74, 6) is -1.36. The first kappa shape index (κ1) is 13.8. The van der Waals surface area contributed by atoms with E-state index in [-0.39, 0.29) is 12.2 Å². The first-order chi connectivity index (χ1) is 9.08. The van der Waals surface area contributed by atoms with Gasteiger partial charge >= 0.3 is 5.97 Å². The SMILES string of the molecule is NC(Cc1ccc(N2CCCCC2)c(F)c1)C(=O)O. The fourth-order valence-electron chi connectivity index (χ4n) is 2.41. The number of carbonyl (C=O) groups is 1. The summed E-state index contributed by atoms with van der Waals surface area (Å²) in [4.78, 5) is 12.7. The van der Waals surface area contributed by atoms with Crippen molar-refractivity contribution in [3.05, 3.63) is 29.6 Å². The van der Waals surface area contributed by atoms with Crippen LogP contribution in [0.5, 0.6) is 0 Å². The predicted molar refractivity (Wildman–Crippen MR) is 71.8 cm³/mol. The molecule has 0 saturated carbocycles. The number of piperidine rings is 1. The van der Waals surface area contributed by atoms with Crippen molar-refractivity contribution in [1.29, 1.82) is 0 Å². The van der Waals surface area contributed by atoms with Crippen molar-refractivity contribution in [3.8, 4) is 0 Å². The Hall–Kier alpha value is -1.62. The van der Waals surface area contributed by atoms with Gasteiger partial charge < -0.3 is 15.7 Å². The molecule has 0 bridgehead atoms. The van der Waals surface area contributed by atoms with Crippen molar-refractivity contribution >= 4 is 11.7 Å².